The van der Waals surface area contributed by atoms with Gasteiger partial charge in [-0.15, -0.1) is 0 Å². The summed E-state index contributed by atoms with van der Waals surface area (Å²) in [6.45, 7) is 5.78. The van der Waals surface area contributed by atoms with Crippen molar-refractivity contribution in [2.45, 2.75) is 19.9 Å². The van der Waals surface area contributed by atoms with Crippen molar-refractivity contribution in [1.29, 1.82) is 0 Å². The lowest BCUT2D eigenvalue weighted by molar-refractivity contribution is 0.261. The molecule has 0 aliphatic rings. The van der Waals surface area contributed by atoms with Crippen molar-refractivity contribution in [3.05, 3.63) is 48.8 Å². The van der Waals surface area contributed by atoms with Gasteiger partial charge in [0.05, 0.1) is 11.7 Å². The van der Waals surface area contributed by atoms with Crippen molar-refractivity contribution in [3.8, 4) is 5.75 Å². The fraction of sp³-hybridized carbons (Fsp3) is 0.318. The minimum atomic E-state index is 0.254. The molecule has 0 bridgehead atoms. The summed E-state index contributed by atoms with van der Waals surface area (Å²) in [7, 11) is 4.06. The van der Waals surface area contributed by atoms with Crippen LogP contribution < -0.4 is 10.1 Å². The molecule has 0 spiro atoms. The highest BCUT2D eigenvalue weighted by molar-refractivity contribution is 6.03. The van der Waals surface area contributed by atoms with Crippen molar-refractivity contribution in [1.82, 2.24) is 24.6 Å². The van der Waals surface area contributed by atoms with E-state index in [1.54, 1.807) is 0 Å². The summed E-state index contributed by atoms with van der Waals surface area (Å²) in [5.41, 5.74) is 2.84. The fourth-order valence-corrected chi connectivity index (χ4v) is 3.19. The third kappa shape index (κ3) is 4.14. The third-order valence-electron chi connectivity index (χ3n) is 4.71. The molecule has 0 radical (unpaired) electrons. The van der Waals surface area contributed by atoms with Crippen LogP contribution >= 0.6 is 0 Å². The fourth-order valence-electron chi connectivity index (χ4n) is 3.19. The average Bonchev–Trinajstić information content (AvgIpc) is 3.14. The maximum Gasteiger partial charge on any atom is 0.227 e. The molecule has 0 aliphatic carbocycles. The molecule has 0 fully saturated rings. The normalized spacial score (nSPS) is 11.7. The zero-order chi connectivity index (χ0) is 20.4. The smallest absolute Gasteiger partial charge is 0.227 e. The molecule has 4 rings (SSSR count). The molecule has 29 heavy (non-hydrogen) atoms. The van der Waals surface area contributed by atoms with Crippen LogP contribution in [0.1, 0.15) is 19.9 Å². The number of nitrogens with zero attached hydrogens (tertiary/aromatic N) is 5. The maximum absolute atomic E-state index is 5.74. The number of nitrogens with one attached hydrogen (secondary N) is 1. The molecule has 7 heteroatoms. The molecule has 2 heterocycles. The summed E-state index contributed by atoms with van der Waals surface area (Å²) >= 11 is 0. The molecule has 2 aromatic carbocycles. The van der Waals surface area contributed by atoms with Gasteiger partial charge in [-0.3, -0.25) is 4.68 Å². The van der Waals surface area contributed by atoms with Gasteiger partial charge in [-0.2, -0.15) is 5.10 Å². The number of hydrogen-bond donors (Lipinski definition) is 1. The summed E-state index contributed by atoms with van der Waals surface area (Å²) in [5.74, 6) is 1.40. The highest BCUT2D eigenvalue weighted by atomic mass is 16.5. The zero-order valence-corrected chi connectivity index (χ0v) is 17.3. The molecular weight excluding hydrogens is 364 g/mol. The Morgan fingerprint density at radius 2 is 1.79 bits per heavy atom. The van der Waals surface area contributed by atoms with E-state index in [0.717, 1.165) is 39.8 Å². The first-order chi connectivity index (χ1) is 14.0. The molecule has 150 valence electrons. The zero-order valence-electron chi connectivity index (χ0n) is 17.3. The molecule has 7 nitrogen and oxygen atoms in total. The number of rotatable bonds is 7. The largest absolute Gasteiger partial charge is 0.492 e. The number of likely N-dealkylation sites (N-methyl/N-ethyl adjacent to an activating group) is 1. The van der Waals surface area contributed by atoms with E-state index in [1.165, 1.54) is 0 Å². The lowest BCUT2D eigenvalue weighted by Crippen LogP contribution is -2.19. The predicted octanol–water partition coefficient (Wildman–Crippen LogP) is 4.24. The van der Waals surface area contributed by atoms with Crippen LogP contribution in [0.3, 0.4) is 0 Å². The standard InChI is InChI=1S/C22H26N6O/c1-15(2)28-21-17(14-24-28)6-5-16-13-23-22(26-20(16)21)25-18-7-9-19(10-8-18)29-12-11-27(3)4/h5-10,13-15H,11-12H2,1-4H3,(H,23,25,26). The second-order valence-electron chi connectivity index (χ2n) is 7.62. The van der Waals surface area contributed by atoms with Gasteiger partial charge in [-0.1, -0.05) is 12.1 Å². The second kappa shape index (κ2) is 8.05. The molecule has 2 aromatic heterocycles. The minimum Gasteiger partial charge on any atom is -0.492 e. The Labute approximate surface area is 170 Å². The summed E-state index contributed by atoms with van der Waals surface area (Å²) in [6.07, 6.45) is 3.74. The van der Waals surface area contributed by atoms with E-state index in [1.807, 2.05) is 61.5 Å². The Kier molecular flexibility index (Phi) is 5.31. The monoisotopic (exact) mass is 390 g/mol. The molecule has 0 unspecified atom stereocenters. The van der Waals surface area contributed by atoms with Gasteiger partial charge in [0.2, 0.25) is 5.95 Å². The highest BCUT2D eigenvalue weighted by Gasteiger charge is 2.12. The molecule has 1 N–H and O–H groups in total. The minimum absolute atomic E-state index is 0.254. The van der Waals surface area contributed by atoms with Gasteiger partial charge in [-0.05, 0) is 52.2 Å². The van der Waals surface area contributed by atoms with Crippen molar-refractivity contribution < 1.29 is 4.74 Å². The maximum atomic E-state index is 5.74. The van der Waals surface area contributed by atoms with E-state index in [0.29, 0.717) is 12.6 Å². The first-order valence-electron chi connectivity index (χ1n) is 9.79. The first kappa shape index (κ1) is 19.1. The summed E-state index contributed by atoms with van der Waals surface area (Å²) in [6, 6.07) is 12.2. The number of hydrogen-bond acceptors (Lipinski definition) is 6. The van der Waals surface area contributed by atoms with Gasteiger partial charge >= 0.3 is 0 Å². The Hall–Kier alpha value is -3.19. The van der Waals surface area contributed by atoms with Crippen LogP contribution in [-0.4, -0.2) is 51.9 Å². The molecule has 0 atom stereocenters. The van der Waals surface area contributed by atoms with E-state index in [9.17, 15) is 0 Å². The van der Waals surface area contributed by atoms with Gasteiger partial charge in [0.1, 0.15) is 17.9 Å². The number of ether oxygens (including phenoxy) is 1. The van der Waals surface area contributed by atoms with Crippen molar-refractivity contribution in [2.75, 3.05) is 32.6 Å². The van der Waals surface area contributed by atoms with Crippen LogP contribution in [0, 0.1) is 0 Å². The van der Waals surface area contributed by atoms with Crippen LogP contribution in [0.2, 0.25) is 0 Å². The van der Waals surface area contributed by atoms with E-state index in [4.69, 9.17) is 9.72 Å². The molecular formula is C22H26N6O. The number of anilines is 2. The lowest BCUT2D eigenvalue weighted by atomic mass is 10.2. The van der Waals surface area contributed by atoms with Gasteiger partial charge in [0, 0.05) is 35.2 Å². The van der Waals surface area contributed by atoms with Crippen LogP contribution in [0.25, 0.3) is 21.8 Å². The molecule has 0 saturated carbocycles. The molecule has 4 aromatic rings. The summed E-state index contributed by atoms with van der Waals surface area (Å²) in [5, 5.41) is 9.88. The molecule has 0 saturated heterocycles. The predicted molar refractivity (Wildman–Crippen MR) is 117 cm³/mol. The Morgan fingerprint density at radius 1 is 1.03 bits per heavy atom. The Bertz CT molecular complexity index is 1120. The molecule has 0 aliphatic heterocycles. The SMILES string of the molecule is CC(C)n1ncc2ccc3cnc(Nc4ccc(OCCN(C)C)cc4)nc3c21. The number of fused-ring (bicyclic) bond motifs is 3. The Morgan fingerprint density at radius 3 is 2.52 bits per heavy atom. The quantitative estimate of drug-likeness (QED) is 0.509. The van der Waals surface area contributed by atoms with Crippen molar-refractivity contribution >= 4 is 33.4 Å². The third-order valence-corrected chi connectivity index (χ3v) is 4.71. The molecule has 0 amide bonds. The Balaban J connectivity index is 1.58. The van der Waals surface area contributed by atoms with Gasteiger partial charge in [0.15, 0.2) is 0 Å². The van der Waals surface area contributed by atoms with E-state index in [2.05, 4.69) is 40.2 Å². The topological polar surface area (TPSA) is 68.1 Å². The van der Waals surface area contributed by atoms with Crippen LogP contribution in [0.15, 0.2) is 48.8 Å². The number of aromatic nitrogens is 4. The first-order valence-corrected chi connectivity index (χ1v) is 9.79. The van der Waals surface area contributed by atoms with Crippen LogP contribution in [-0.2, 0) is 0 Å². The van der Waals surface area contributed by atoms with E-state index in [-0.39, 0.29) is 6.04 Å². The second-order valence-corrected chi connectivity index (χ2v) is 7.62. The van der Waals surface area contributed by atoms with Gasteiger partial charge in [0.25, 0.3) is 0 Å². The summed E-state index contributed by atoms with van der Waals surface area (Å²) in [4.78, 5) is 11.3. The van der Waals surface area contributed by atoms with Crippen LogP contribution in [0.5, 0.6) is 5.75 Å². The number of benzene rings is 2. The summed E-state index contributed by atoms with van der Waals surface area (Å²) < 4.78 is 7.75. The van der Waals surface area contributed by atoms with Crippen molar-refractivity contribution in [2.24, 2.45) is 0 Å². The van der Waals surface area contributed by atoms with E-state index < -0.39 is 0 Å². The van der Waals surface area contributed by atoms with E-state index >= 15 is 0 Å². The average molecular weight is 390 g/mol. The van der Waals surface area contributed by atoms with Crippen molar-refractivity contribution in [3.63, 3.8) is 0 Å². The van der Waals surface area contributed by atoms with Crippen LogP contribution in [0.4, 0.5) is 11.6 Å². The highest BCUT2D eigenvalue weighted by Crippen LogP contribution is 2.27. The van der Waals surface area contributed by atoms with Gasteiger partial charge < -0.3 is 15.0 Å². The van der Waals surface area contributed by atoms with Gasteiger partial charge in [-0.25, -0.2) is 9.97 Å². The lowest BCUT2D eigenvalue weighted by Gasteiger charge is -2.12.